The predicted octanol–water partition coefficient (Wildman–Crippen LogP) is 2.08. The van der Waals surface area contributed by atoms with Crippen molar-refractivity contribution in [3.05, 3.63) is 53.5 Å². The lowest BCUT2D eigenvalue weighted by molar-refractivity contribution is -0.119. The van der Waals surface area contributed by atoms with Crippen molar-refractivity contribution < 1.29 is 4.79 Å². The molecular formula is C16H20N4O. The number of benzene rings is 1. The molecule has 2 aromatic rings. The van der Waals surface area contributed by atoms with Gasteiger partial charge in [0, 0.05) is 18.3 Å². The maximum absolute atomic E-state index is 11.8. The molecule has 1 amide bonds. The molecule has 110 valence electrons. The fourth-order valence-electron chi connectivity index (χ4n) is 1.93. The number of aryl methyl sites for hydroxylation is 2. The van der Waals surface area contributed by atoms with Gasteiger partial charge in [-0.2, -0.15) is 0 Å². The third kappa shape index (κ3) is 4.87. The second kappa shape index (κ2) is 7.38. The molecule has 0 saturated heterocycles. The van der Waals surface area contributed by atoms with Crippen molar-refractivity contribution in [2.24, 2.45) is 0 Å². The molecule has 0 aliphatic carbocycles. The summed E-state index contributed by atoms with van der Waals surface area (Å²) in [6.07, 6.45) is 0.845. The van der Waals surface area contributed by atoms with Gasteiger partial charge in [0.25, 0.3) is 0 Å². The van der Waals surface area contributed by atoms with Crippen LogP contribution in [-0.4, -0.2) is 22.4 Å². The van der Waals surface area contributed by atoms with Crippen molar-refractivity contribution in [3.8, 4) is 0 Å². The molecule has 1 heterocycles. The molecule has 0 aliphatic heterocycles. The SMILES string of the molecule is CCc1cc(NCC(=O)NCc2ccccc2)nc(C)n1. The van der Waals surface area contributed by atoms with Gasteiger partial charge in [0.1, 0.15) is 11.6 Å². The monoisotopic (exact) mass is 284 g/mol. The van der Waals surface area contributed by atoms with Crippen LogP contribution in [0.25, 0.3) is 0 Å². The van der Waals surface area contributed by atoms with E-state index in [0.717, 1.165) is 17.7 Å². The van der Waals surface area contributed by atoms with Crippen molar-refractivity contribution in [2.45, 2.75) is 26.8 Å². The van der Waals surface area contributed by atoms with Crippen LogP contribution in [0.2, 0.25) is 0 Å². The molecule has 0 saturated carbocycles. The highest BCUT2D eigenvalue weighted by Crippen LogP contribution is 2.06. The van der Waals surface area contributed by atoms with Crippen LogP contribution in [0.3, 0.4) is 0 Å². The number of nitrogens with zero attached hydrogens (tertiary/aromatic N) is 2. The van der Waals surface area contributed by atoms with Gasteiger partial charge in [-0.3, -0.25) is 4.79 Å². The molecule has 0 radical (unpaired) electrons. The summed E-state index contributed by atoms with van der Waals surface area (Å²) in [4.78, 5) is 20.4. The third-order valence-electron chi connectivity index (χ3n) is 3.02. The predicted molar refractivity (Wildman–Crippen MR) is 82.9 cm³/mol. The average molecular weight is 284 g/mol. The second-order valence-electron chi connectivity index (χ2n) is 4.76. The van der Waals surface area contributed by atoms with Crippen molar-refractivity contribution >= 4 is 11.7 Å². The highest BCUT2D eigenvalue weighted by Gasteiger charge is 2.04. The number of nitrogens with one attached hydrogen (secondary N) is 2. The molecule has 0 atom stereocenters. The van der Waals surface area contributed by atoms with Crippen LogP contribution in [0.15, 0.2) is 36.4 Å². The first-order valence-corrected chi connectivity index (χ1v) is 7.06. The van der Waals surface area contributed by atoms with Gasteiger partial charge in [-0.1, -0.05) is 37.3 Å². The van der Waals surface area contributed by atoms with Gasteiger partial charge in [-0.05, 0) is 18.9 Å². The van der Waals surface area contributed by atoms with E-state index < -0.39 is 0 Å². The summed E-state index contributed by atoms with van der Waals surface area (Å²) in [5.74, 6) is 1.34. The lowest BCUT2D eigenvalue weighted by atomic mass is 10.2. The van der Waals surface area contributed by atoms with Crippen molar-refractivity contribution in [3.63, 3.8) is 0 Å². The Morgan fingerprint density at radius 3 is 2.67 bits per heavy atom. The van der Waals surface area contributed by atoms with Crippen LogP contribution in [0, 0.1) is 6.92 Å². The molecular weight excluding hydrogens is 264 g/mol. The summed E-state index contributed by atoms with van der Waals surface area (Å²) >= 11 is 0. The Balaban J connectivity index is 1.82. The second-order valence-corrected chi connectivity index (χ2v) is 4.76. The lowest BCUT2D eigenvalue weighted by Crippen LogP contribution is -2.29. The molecule has 0 unspecified atom stereocenters. The molecule has 2 N–H and O–H groups in total. The highest BCUT2D eigenvalue weighted by molar-refractivity contribution is 5.80. The Kier molecular flexibility index (Phi) is 5.26. The maximum atomic E-state index is 11.8. The van der Waals surface area contributed by atoms with Crippen LogP contribution in [0.1, 0.15) is 24.0 Å². The van der Waals surface area contributed by atoms with Crippen molar-refractivity contribution in [2.75, 3.05) is 11.9 Å². The number of anilines is 1. The van der Waals surface area contributed by atoms with Gasteiger partial charge >= 0.3 is 0 Å². The van der Waals surface area contributed by atoms with Crippen LogP contribution >= 0.6 is 0 Å². The molecule has 5 heteroatoms. The van der Waals surface area contributed by atoms with E-state index in [-0.39, 0.29) is 12.5 Å². The van der Waals surface area contributed by atoms with E-state index in [9.17, 15) is 4.79 Å². The minimum Gasteiger partial charge on any atom is -0.361 e. The van der Waals surface area contributed by atoms with E-state index in [1.54, 1.807) is 0 Å². The van der Waals surface area contributed by atoms with E-state index in [1.807, 2.05) is 50.2 Å². The number of hydrogen-bond acceptors (Lipinski definition) is 4. The first-order chi connectivity index (χ1) is 10.2. The summed E-state index contributed by atoms with van der Waals surface area (Å²) in [7, 11) is 0. The highest BCUT2D eigenvalue weighted by atomic mass is 16.1. The van der Waals surface area contributed by atoms with Crippen molar-refractivity contribution in [1.29, 1.82) is 0 Å². The van der Waals surface area contributed by atoms with E-state index in [1.165, 1.54) is 0 Å². The number of amides is 1. The topological polar surface area (TPSA) is 66.9 Å². The molecule has 0 spiro atoms. The first kappa shape index (κ1) is 15.0. The summed E-state index contributed by atoms with van der Waals surface area (Å²) in [5, 5.41) is 5.90. The van der Waals surface area contributed by atoms with E-state index in [0.29, 0.717) is 18.2 Å². The Morgan fingerprint density at radius 1 is 1.19 bits per heavy atom. The molecule has 0 fully saturated rings. The zero-order valence-corrected chi connectivity index (χ0v) is 12.4. The average Bonchev–Trinajstić information content (AvgIpc) is 2.51. The van der Waals surface area contributed by atoms with Crippen molar-refractivity contribution in [1.82, 2.24) is 15.3 Å². The van der Waals surface area contributed by atoms with Gasteiger partial charge in [-0.15, -0.1) is 0 Å². The van der Waals surface area contributed by atoms with Gasteiger partial charge in [0.15, 0.2) is 0 Å². The number of carbonyl (C=O) groups is 1. The molecule has 5 nitrogen and oxygen atoms in total. The maximum Gasteiger partial charge on any atom is 0.239 e. The molecule has 0 aliphatic rings. The molecule has 21 heavy (non-hydrogen) atoms. The van der Waals surface area contributed by atoms with Crippen LogP contribution in [0.4, 0.5) is 5.82 Å². The molecule has 1 aromatic heterocycles. The normalized spacial score (nSPS) is 10.2. The number of rotatable bonds is 6. The number of carbonyl (C=O) groups excluding carboxylic acids is 1. The van der Waals surface area contributed by atoms with E-state index in [2.05, 4.69) is 20.6 Å². The summed E-state index contributed by atoms with van der Waals surface area (Å²) < 4.78 is 0. The largest absolute Gasteiger partial charge is 0.361 e. The fourth-order valence-corrected chi connectivity index (χ4v) is 1.93. The number of aromatic nitrogens is 2. The Labute approximate surface area is 124 Å². The molecule has 0 bridgehead atoms. The molecule has 2 rings (SSSR count). The Hall–Kier alpha value is -2.43. The van der Waals surface area contributed by atoms with Gasteiger partial charge in [-0.25, -0.2) is 9.97 Å². The summed E-state index contributed by atoms with van der Waals surface area (Å²) in [5.41, 5.74) is 2.05. The summed E-state index contributed by atoms with van der Waals surface area (Å²) in [6.45, 7) is 4.62. The lowest BCUT2D eigenvalue weighted by Gasteiger charge is -2.09. The minimum absolute atomic E-state index is 0.0619. The molecule has 1 aromatic carbocycles. The zero-order chi connectivity index (χ0) is 15.1. The first-order valence-electron chi connectivity index (χ1n) is 7.06. The zero-order valence-electron chi connectivity index (χ0n) is 12.4. The van der Waals surface area contributed by atoms with E-state index >= 15 is 0 Å². The smallest absolute Gasteiger partial charge is 0.239 e. The number of hydrogen-bond donors (Lipinski definition) is 2. The van der Waals surface area contributed by atoms with Crippen LogP contribution in [0.5, 0.6) is 0 Å². The van der Waals surface area contributed by atoms with Crippen LogP contribution < -0.4 is 10.6 Å². The van der Waals surface area contributed by atoms with Crippen LogP contribution in [-0.2, 0) is 17.8 Å². The van der Waals surface area contributed by atoms with Gasteiger partial charge < -0.3 is 10.6 Å². The van der Waals surface area contributed by atoms with E-state index in [4.69, 9.17) is 0 Å². The third-order valence-corrected chi connectivity index (χ3v) is 3.02. The minimum atomic E-state index is -0.0619. The summed E-state index contributed by atoms with van der Waals surface area (Å²) in [6, 6.07) is 11.7. The Bertz CT molecular complexity index is 598. The van der Waals surface area contributed by atoms with Gasteiger partial charge in [0.2, 0.25) is 5.91 Å². The Morgan fingerprint density at radius 2 is 1.95 bits per heavy atom. The quantitative estimate of drug-likeness (QED) is 0.852. The van der Waals surface area contributed by atoms with Gasteiger partial charge in [0.05, 0.1) is 6.54 Å². The fraction of sp³-hybridized carbons (Fsp3) is 0.312. The standard InChI is InChI=1S/C16H20N4O/c1-3-14-9-15(20-12(2)19-14)17-11-16(21)18-10-13-7-5-4-6-8-13/h4-9H,3,10-11H2,1-2H3,(H,18,21)(H,17,19,20).